The topological polar surface area (TPSA) is 133 Å². The summed E-state index contributed by atoms with van der Waals surface area (Å²) in [6.45, 7) is 7.15. The fraction of sp³-hybridized carbons (Fsp3) is 0.111. The predicted molar refractivity (Wildman–Crippen MR) is 106 cm³/mol. The van der Waals surface area contributed by atoms with Crippen molar-refractivity contribution in [2.75, 3.05) is 13.2 Å². The Bertz CT molecular complexity index is 934. The van der Waals surface area contributed by atoms with Gasteiger partial charge in [-0.1, -0.05) is 49.6 Å². The monoisotopic (exact) mass is 466 g/mol. The molecule has 2 aromatic carbocycles. The van der Waals surface area contributed by atoms with E-state index in [4.69, 9.17) is 9.47 Å². The van der Waals surface area contributed by atoms with E-state index in [0.717, 1.165) is 0 Å². The van der Waals surface area contributed by atoms with Gasteiger partial charge in [0.2, 0.25) is 0 Å². The summed E-state index contributed by atoms with van der Waals surface area (Å²) in [4.78, 5) is -0.691. The van der Waals surface area contributed by atoms with Gasteiger partial charge in [0.05, 0.1) is 9.79 Å². The molecule has 0 spiro atoms. The van der Waals surface area contributed by atoms with Gasteiger partial charge in [-0.05, 0) is 24.3 Å². The van der Waals surface area contributed by atoms with Crippen molar-refractivity contribution in [1.29, 1.82) is 0 Å². The maximum atomic E-state index is 10.8. The van der Waals surface area contributed by atoms with E-state index < -0.39 is 20.2 Å². The molecule has 2 rings (SSSR count). The summed E-state index contributed by atoms with van der Waals surface area (Å²) in [5.74, 6) is 0.116. The number of ether oxygens (including phenoxy) is 2. The van der Waals surface area contributed by atoms with E-state index in [1.165, 1.54) is 48.6 Å². The van der Waals surface area contributed by atoms with Gasteiger partial charge in [-0.25, -0.2) is 16.8 Å². The number of hydrogen-bond acceptors (Lipinski definition) is 8. The molecule has 8 nitrogen and oxygen atoms in total. The Kier molecular flexibility index (Phi) is 12.4. The third kappa shape index (κ3) is 9.77. The molecule has 0 saturated carbocycles. The minimum Gasteiger partial charge on any atom is -0.744 e. The summed E-state index contributed by atoms with van der Waals surface area (Å²) in [6, 6.07) is 11.4. The van der Waals surface area contributed by atoms with Crippen LogP contribution >= 0.6 is 0 Å². The van der Waals surface area contributed by atoms with Crippen LogP contribution in [0.3, 0.4) is 0 Å². The van der Waals surface area contributed by atoms with Crippen molar-refractivity contribution in [3.05, 3.63) is 73.8 Å². The fourth-order valence-electron chi connectivity index (χ4n) is 1.85. The second-order valence-electron chi connectivity index (χ2n) is 5.00. The number of hydrogen-bond donors (Lipinski definition) is 0. The first-order valence-corrected chi connectivity index (χ1v) is 10.5. The zero-order valence-corrected chi connectivity index (χ0v) is 19.2. The number of rotatable bonds is 8. The quantitative estimate of drug-likeness (QED) is 0.327. The molecule has 0 aliphatic heterocycles. The van der Waals surface area contributed by atoms with E-state index in [9.17, 15) is 25.9 Å². The molecule has 0 radical (unpaired) electrons. The second-order valence-corrected chi connectivity index (χ2v) is 7.70. The first-order chi connectivity index (χ1) is 13.1. The molecule has 2 aromatic rings. The van der Waals surface area contributed by atoms with Gasteiger partial charge >= 0.3 is 37.7 Å². The molecule has 0 unspecified atom stereocenters. The SMILES string of the molecule is C=CCOc1ccccc1S(=O)(=O)[O-].C=CCOc1ccccc1S(=O)(=O)[O-].[Ca+2]. The average Bonchev–Trinajstić information content (AvgIpc) is 2.64. The largest absolute Gasteiger partial charge is 2.00 e. The molecule has 0 saturated heterocycles. The van der Waals surface area contributed by atoms with Gasteiger partial charge in [0.1, 0.15) is 44.9 Å². The Labute approximate surface area is 200 Å². The molecule has 0 N–H and O–H groups in total. The molecule has 0 aromatic heterocycles. The van der Waals surface area contributed by atoms with Crippen LogP contribution in [-0.4, -0.2) is 76.9 Å². The Morgan fingerprint density at radius 1 is 0.724 bits per heavy atom. The molecular formula is C18H18CaO8S2. The molecule has 0 bridgehead atoms. The van der Waals surface area contributed by atoms with Gasteiger partial charge < -0.3 is 18.6 Å². The van der Waals surface area contributed by atoms with Gasteiger partial charge in [0.25, 0.3) is 0 Å². The van der Waals surface area contributed by atoms with Crippen molar-refractivity contribution >= 4 is 58.0 Å². The van der Waals surface area contributed by atoms with Crippen LogP contribution in [0.4, 0.5) is 0 Å². The summed E-state index contributed by atoms with van der Waals surface area (Å²) in [5, 5.41) is 0. The van der Waals surface area contributed by atoms with Gasteiger partial charge in [-0.2, -0.15) is 0 Å². The summed E-state index contributed by atoms with van der Waals surface area (Å²) >= 11 is 0. The standard InChI is InChI=1S/2C9H10O4S.Ca/c2*1-2-7-13-8-5-3-4-6-9(8)14(10,11)12;/h2*2-6H,1,7H2,(H,10,11,12);/q;;+2/p-2. The minimum atomic E-state index is -4.47. The summed E-state index contributed by atoms with van der Waals surface area (Å²) in [6.07, 6.45) is 2.93. The van der Waals surface area contributed by atoms with E-state index in [1.807, 2.05) is 0 Å². The van der Waals surface area contributed by atoms with Crippen molar-refractivity contribution in [3.8, 4) is 11.5 Å². The minimum absolute atomic E-state index is 0. The number of para-hydroxylation sites is 2. The second kappa shape index (κ2) is 13.0. The number of benzene rings is 2. The van der Waals surface area contributed by atoms with E-state index in [-0.39, 0.29) is 72.2 Å². The van der Waals surface area contributed by atoms with Crippen LogP contribution < -0.4 is 9.47 Å². The van der Waals surface area contributed by atoms with E-state index >= 15 is 0 Å². The van der Waals surface area contributed by atoms with E-state index in [0.29, 0.717) is 0 Å². The molecule has 0 fully saturated rings. The molecule has 152 valence electrons. The van der Waals surface area contributed by atoms with Gasteiger partial charge in [0, 0.05) is 0 Å². The summed E-state index contributed by atoms with van der Waals surface area (Å²) in [7, 11) is -8.95. The van der Waals surface area contributed by atoms with Crippen LogP contribution in [0, 0.1) is 0 Å². The van der Waals surface area contributed by atoms with E-state index in [2.05, 4.69) is 13.2 Å². The van der Waals surface area contributed by atoms with Crippen LogP contribution in [0.2, 0.25) is 0 Å². The normalized spacial score (nSPS) is 10.6. The molecule has 0 atom stereocenters. The third-order valence-corrected chi connectivity index (χ3v) is 4.70. The van der Waals surface area contributed by atoms with Gasteiger partial charge in [-0.15, -0.1) is 0 Å². The van der Waals surface area contributed by atoms with Crippen LogP contribution in [0.25, 0.3) is 0 Å². The van der Waals surface area contributed by atoms with Crippen molar-refractivity contribution in [2.24, 2.45) is 0 Å². The van der Waals surface area contributed by atoms with Crippen molar-refractivity contribution < 1.29 is 35.4 Å². The van der Waals surface area contributed by atoms with E-state index in [1.54, 1.807) is 12.1 Å². The molecule has 0 amide bonds. The van der Waals surface area contributed by atoms with Crippen LogP contribution in [0.1, 0.15) is 0 Å². The molecule has 11 heteroatoms. The molecule has 0 heterocycles. The maximum Gasteiger partial charge on any atom is 2.00 e. The maximum absolute atomic E-state index is 10.8. The van der Waals surface area contributed by atoms with Gasteiger partial charge in [-0.3, -0.25) is 0 Å². The van der Waals surface area contributed by atoms with Crippen LogP contribution in [-0.2, 0) is 20.2 Å². The molecule has 29 heavy (non-hydrogen) atoms. The zero-order chi connectivity index (χ0) is 21.2. The Morgan fingerprint density at radius 2 is 1.03 bits per heavy atom. The molecular weight excluding hydrogens is 448 g/mol. The third-order valence-electron chi connectivity index (χ3n) is 2.95. The van der Waals surface area contributed by atoms with Gasteiger partial charge in [0.15, 0.2) is 0 Å². The molecule has 0 aliphatic rings. The Morgan fingerprint density at radius 3 is 1.31 bits per heavy atom. The Balaban J connectivity index is 0.000000523. The predicted octanol–water partition coefficient (Wildman–Crippen LogP) is 1.93. The molecule has 0 aliphatic carbocycles. The fourth-order valence-corrected chi connectivity index (χ4v) is 3.09. The Hall–Kier alpha value is -1.40. The first-order valence-electron chi connectivity index (χ1n) is 7.68. The summed E-state index contributed by atoms with van der Waals surface area (Å²) < 4.78 is 74.6. The van der Waals surface area contributed by atoms with Crippen LogP contribution in [0.15, 0.2) is 83.6 Å². The summed E-state index contributed by atoms with van der Waals surface area (Å²) in [5.41, 5.74) is 0. The smallest absolute Gasteiger partial charge is 0.744 e. The first kappa shape index (κ1) is 27.6. The average molecular weight is 467 g/mol. The van der Waals surface area contributed by atoms with Crippen LogP contribution in [0.5, 0.6) is 11.5 Å². The van der Waals surface area contributed by atoms with Crippen molar-refractivity contribution in [3.63, 3.8) is 0 Å². The van der Waals surface area contributed by atoms with Crippen molar-refractivity contribution in [1.82, 2.24) is 0 Å². The van der Waals surface area contributed by atoms with Crippen molar-refractivity contribution in [2.45, 2.75) is 9.79 Å². The zero-order valence-electron chi connectivity index (χ0n) is 15.4.